The van der Waals surface area contributed by atoms with E-state index in [2.05, 4.69) is 5.32 Å². The Bertz CT molecular complexity index is 965. The Morgan fingerprint density at radius 1 is 1.13 bits per heavy atom. The van der Waals surface area contributed by atoms with Crippen molar-refractivity contribution < 1.29 is 23.9 Å². The molecule has 1 aliphatic heterocycles. The average Bonchev–Trinajstić information content (AvgIpc) is 3.01. The van der Waals surface area contributed by atoms with Crippen molar-refractivity contribution in [3.05, 3.63) is 76.4 Å². The number of aliphatic hydroxyl groups excluding tert-OH is 1. The lowest BCUT2D eigenvalue weighted by Gasteiger charge is -2.18. The molecule has 1 heterocycles. The van der Waals surface area contributed by atoms with Crippen LogP contribution in [0.5, 0.6) is 0 Å². The molecule has 0 aromatic heterocycles. The van der Waals surface area contributed by atoms with Crippen LogP contribution in [-0.2, 0) is 16.0 Å². The van der Waals surface area contributed by atoms with E-state index in [0.29, 0.717) is 6.42 Å². The van der Waals surface area contributed by atoms with Crippen LogP contribution in [0.25, 0.3) is 6.08 Å². The van der Waals surface area contributed by atoms with E-state index in [0.717, 1.165) is 22.2 Å². The summed E-state index contributed by atoms with van der Waals surface area (Å²) >= 11 is 0.717. The minimum absolute atomic E-state index is 0.0870. The van der Waals surface area contributed by atoms with Gasteiger partial charge in [-0.3, -0.25) is 19.3 Å². The third-order valence-corrected chi connectivity index (χ3v) is 5.45. The molecule has 3 amide bonds. The highest BCUT2D eigenvalue weighted by Gasteiger charge is 2.35. The smallest absolute Gasteiger partial charge is 0.293 e. The molecular formula is C22H21FN2O4S. The quantitative estimate of drug-likeness (QED) is 0.632. The van der Waals surface area contributed by atoms with Gasteiger partial charge in [0.2, 0.25) is 5.91 Å². The number of nitrogens with one attached hydrogen (secondary N) is 1. The number of aliphatic hydroxyl groups is 1. The molecule has 3 rings (SSSR count). The molecule has 0 radical (unpaired) electrons. The largest absolute Gasteiger partial charge is 0.394 e. The molecule has 8 heteroatoms. The fourth-order valence-corrected chi connectivity index (χ4v) is 3.86. The lowest BCUT2D eigenvalue weighted by molar-refractivity contribution is -0.124. The number of benzene rings is 2. The minimum atomic E-state index is -0.552. The Balaban J connectivity index is 1.56. The van der Waals surface area contributed by atoms with Gasteiger partial charge in [-0.25, -0.2) is 4.39 Å². The Morgan fingerprint density at radius 3 is 2.53 bits per heavy atom. The predicted octanol–water partition coefficient (Wildman–Crippen LogP) is 2.97. The minimum Gasteiger partial charge on any atom is -0.394 e. The summed E-state index contributed by atoms with van der Waals surface area (Å²) in [4.78, 5) is 38.0. The van der Waals surface area contributed by atoms with E-state index in [1.165, 1.54) is 24.3 Å². The molecule has 0 bridgehead atoms. The van der Waals surface area contributed by atoms with E-state index in [9.17, 15) is 23.9 Å². The van der Waals surface area contributed by atoms with Crippen molar-refractivity contribution in [1.82, 2.24) is 10.2 Å². The van der Waals surface area contributed by atoms with Crippen molar-refractivity contribution in [3.63, 3.8) is 0 Å². The second-order valence-corrected chi connectivity index (χ2v) is 7.73. The van der Waals surface area contributed by atoms with Gasteiger partial charge in [0.1, 0.15) is 5.82 Å². The maximum atomic E-state index is 13.8. The number of halogens is 1. The van der Waals surface area contributed by atoms with Gasteiger partial charge in [0.15, 0.2) is 0 Å². The number of imide groups is 1. The van der Waals surface area contributed by atoms with Crippen LogP contribution < -0.4 is 5.32 Å². The van der Waals surface area contributed by atoms with E-state index in [4.69, 9.17) is 0 Å². The summed E-state index contributed by atoms with van der Waals surface area (Å²) in [5, 5.41) is 11.7. The standard InChI is InChI=1S/C22H21FN2O4S/c23-18-9-5-4-8-16(18)13-19-21(28)25(22(29)30-19)11-10-20(27)24-17(14-26)12-15-6-2-1-3-7-15/h1-9,13,17,26H,10-12,14H2,(H,24,27). The highest BCUT2D eigenvalue weighted by Crippen LogP contribution is 2.32. The summed E-state index contributed by atoms with van der Waals surface area (Å²) in [7, 11) is 0. The van der Waals surface area contributed by atoms with Crippen LogP contribution in [0.15, 0.2) is 59.5 Å². The van der Waals surface area contributed by atoms with Crippen LogP contribution in [0.2, 0.25) is 0 Å². The lowest BCUT2D eigenvalue weighted by Crippen LogP contribution is -2.41. The van der Waals surface area contributed by atoms with Crippen LogP contribution in [0.4, 0.5) is 9.18 Å². The van der Waals surface area contributed by atoms with Crippen molar-refractivity contribution in [1.29, 1.82) is 0 Å². The molecule has 6 nitrogen and oxygen atoms in total. The van der Waals surface area contributed by atoms with Crippen molar-refractivity contribution >= 4 is 34.9 Å². The summed E-state index contributed by atoms with van der Waals surface area (Å²) < 4.78 is 13.8. The van der Waals surface area contributed by atoms with Gasteiger partial charge in [0.25, 0.3) is 11.1 Å². The zero-order chi connectivity index (χ0) is 21.5. The van der Waals surface area contributed by atoms with Crippen LogP contribution in [0, 0.1) is 5.82 Å². The fraction of sp³-hybridized carbons (Fsp3) is 0.227. The van der Waals surface area contributed by atoms with E-state index >= 15 is 0 Å². The molecule has 1 atom stereocenters. The molecule has 1 saturated heterocycles. The van der Waals surface area contributed by atoms with Crippen molar-refractivity contribution in [2.24, 2.45) is 0 Å². The summed E-state index contributed by atoms with van der Waals surface area (Å²) in [5.74, 6) is -1.41. The first-order valence-corrected chi connectivity index (χ1v) is 10.2. The number of thioether (sulfide) groups is 1. The first-order chi connectivity index (χ1) is 14.5. The zero-order valence-corrected chi connectivity index (χ0v) is 16.9. The Kier molecular flexibility index (Phi) is 7.37. The van der Waals surface area contributed by atoms with Gasteiger partial charge in [-0.05, 0) is 35.9 Å². The molecule has 0 saturated carbocycles. The molecule has 0 spiro atoms. The first kappa shape index (κ1) is 21.7. The Morgan fingerprint density at radius 2 is 1.83 bits per heavy atom. The summed E-state index contributed by atoms with van der Waals surface area (Å²) in [6.07, 6.45) is 1.72. The third-order valence-electron chi connectivity index (χ3n) is 4.54. The van der Waals surface area contributed by atoms with Gasteiger partial charge < -0.3 is 10.4 Å². The van der Waals surface area contributed by atoms with Gasteiger partial charge >= 0.3 is 0 Å². The number of nitrogens with zero attached hydrogens (tertiary/aromatic N) is 1. The fourth-order valence-electron chi connectivity index (χ4n) is 3.00. The molecule has 1 aliphatic rings. The number of carbonyl (C=O) groups is 3. The molecule has 156 valence electrons. The first-order valence-electron chi connectivity index (χ1n) is 9.42. The Labute approximate surface area is 177 Å². The normalized spacial score (nSPS) is 16.2. The van der Waals surface area contributed by atoms with Crippen LogP contribution in [0.3, 0.4) is 0 Å². The van der Waals surface area contributed by atoms with Gasteiger partial charge in [-0.2, -0.15) is 0 Å². The highest BCUT2D eigenvalue weighted by molar-refractivity contribution is 8.18. The highest BCUT2D eigenvalue weighted by atomic mass is 32.2. The van der Waals surface area contributed by atoms with Crippen LogP contribution in [-0.4, -0.2) is 46.3 Å². The topological polar surface area (TPSA) is 86.7 Å². The van der Waals surface area contributed by atoms with E-state index in [-0.39, 0.29) is 35.9 Å². The second-order valence-electron chi connectivity index (χ2n) is 6.74. The van der Waals surface area contributed by atoms with Gasteiger partial charge in [0.05, 0.1) is 17.6 Å². The van der Waals surface area contributed by atoms with E-state index < -0.39 is 23.0 Å². The summed E-state index contributed by atoms with van der Waals surface area (Å²) in [6.45, 7) is -0.317. The van der Waals surface area contributed by atoms with Gasteiger partial charge in [0, 0.05) is 18.5 Å². The van der Waals surface area contributed by atoms with Crippen LogP contribution in [0.1, 0.15) is 17.5 Å². The number of rotatable bonds is 8. The molecule has 2 aromatic rings. The number of carbonyl (C=O) groups excluding carboxylic acids is 3. The molecule has 2 N–H and O–H groups in total. The maximum absolute atomic E-state index is 13.8. The second kappa shape index (κ2) is 10.2. The maximum Gasteiger partial charge on any atom is 0.293 e. The predicted molar refractivity (Wildman–Crippen MR) is 113 cm³/mol. The van der Waals surface area contributed by atoms with E-state index in [1.54, 1.807) is 6.07 Å². The van der Waals surface area contributed by atoms with Crippen molar-refractivity contribution in [2.75, 3.05) is 13.2 Å². The lowest BCUT2D eigenvalue weighted by atomic mass is 10.1. The van der Waals surface area contributed by atoms with Crippen molar-refractivity contribution in [2.45, 2.75) is 18.9 Å². The summed E-state index contributed by atoms with van der Waals surface area (Å²) in [5.41, 5.74) is 1.19. The van der Waals surface area contributed by atoms with Gasteiger partial charge in [-0.1, -0.05) is 48.5 Å². The van der Waals surface area contributed by atoms with Gasteiger partial charge in [-0.15, -0.1) is 0 Å². The number of amides is 3. The third kappa shape index (κ3) is 5.55. The molecule has 1 fully saturated rings. The summed E-state index contributed by atoms with van der Waals surface area (Å²) in [6, 6.07) is 14.9. The monoisotopic (exact) mass is 428 g/mol. The molecular weight excluding hydrogens is 407 g/mol. The SMILES string of the molecule is O=C(CCN1C(=O)SC(=Cc2ccccc2F)C1=O)NC(CO)Cc1ccccc1. The van der Waals surface area contributed by atoms with Crippen LogP contribution >= 0.6 is 11.8 Å². The number of hydrogen-bond acceptors (Lipinski definition) is 5. The zero-order valence-electron chi connectivity index (χ0n) is 16.1. The van der Waals surface area contributed by atoms with E-state index in [1.807, 2.05) is 30.3 Å². The molecule has 2 aromatic carbocycles. The van der Waals surface area contributed by atoms with Crippen molar-refractivity contribution in [3.8, 4) is 0 Å². The molecule has 1 unspecified atom stereocenters. The Hall–Kier alpha value is -2.97. The molecule has 30 heavy (non-hydrogen) atoms. The molecule has 0 aliphatic carbocycles. The number of hydrogen-bond donors (Lipinski definition) is 2. The average molecular weight is 428 g/mol.